The van der Waals surface area contributed by atoms with E-state index >= 15 is 0 Å². The fourth-order valence-corrected chi connectivity index (χ4v) is 2.59. The van der Waals surface area contributed by atoms with Gasteiger partial charge in [-0.15, -0.1) is 0 Å². The molecule has 0 saturated heterocycles. The van der Waals surface area contributed by atoms with Crippen LogP contribution in [0.3, 0.4) is 0 Å². The SMILES string of the molecule is NC(=O)c1ccccc1OCC(=O)OCC(=O)Nc1ccccc1C(=O)NC1CC1. The van der Waals surface area contributed by atoms with Gasteiger partial charge in [0.15, 0.2) is 13.2 Å². The summed E-state index contributed by atoms with van der Waals surface area (Å²) in [5, 5.41) is 5.41. The molecule has 0 atom stereocenters. The highest BCUT2D eigenvalue weighted by molar-refractivity contribution is 6.04. The summed E-state index contributed by atoms with van der Waals surface area (Å²) < 4.78 is 10.1. The van der Waals surface area contributed by atoms with Crippen molar-refractivity contribution in [3.63, 3.8) is 0 Å². The zero-order valence-electron chi connectivity index (χ0n) is 16.1. The van der Waals surface area contributed by atoms with Crippen LogP contribution in [0.15, 0.2) is 48.5 Å². The molecule has 3 amide bonds. The molecule has 1 aliphatic rings. The zero-order chi connectivity index (χ0) is 21.5. The smallest absolute Gasteiger partial charge is 0.344 e. The van der Waals surface area contributed by atoms with E-state index in [2.05, 4.69) is 10.6 Å². The van der Waals surface area contributed by atoms with Crippen molar-refractivity contribution >= 4 is 29.4 Å². The molecular weight excluding hydrogens is 390 g/mol. The molecule has 1 fully saturated rings. The highest BCUT2D eigenvalue weighted by atomic mass is 16.6. The lowest BCUT2D eigenvalue weighted by atomic mass is 10.1. The van der Waals surface area contributed by atoms with E-state index in [1.54, 1.807) is 36.4 Å². The fourth-order valence-electron chi connectivity index (χ4n) is 2.59. The predicted octanol–water partition coefficient (Wildman–Crippen LogP) is 1.24. The van der Waals surface area contributed by atoms with Crippen molar-refractivity contribution in [2.45, 2.75) is 18.9 Å². The van der Waals surface area contributed by atoms with E-state index in [9.17, 15) is 19.2 Å². The lowest BCUT2D eigenvalue weighted by Gasteiger charge is -2.12. The number of para-hydroxylation sites is 2. The molecule has 1 saturated carbocycles. The van der Waals surface area contributed by atoms with Gasteiger partial charge in [0.05, 0.1) is 16.8 Å². The number of nitrogens with one attached hydrogen (secondary N) is 2. The van der Waals surface area contributed by atoms with Crippen LogP contribution in [0.25, 0.3) is 0 Å². The minimum absolute atomic E-state index is 0.129. The number of hydrogen-bond acceptors (Lipinski definition) is 6. The van der Waals surface area contributed by atoms with E-state index in [-0.39, 0.29) is 23.3 Å². The van der Waals surface area contributed by atoms with E-state index in [0.717, 1.165) is 12.8 Å². The van der Waals surface area contributed by atoms with Crippen LogP contribution < -0.4 is 21.1 Å². The summed E-state index contributed by atoms with van der Waals surface area (Å²) in [5.41, 5.74) is 6.02. The Morgan fingerprint density at radius 1 is 0.933 bits per heavy atom. The third-order valence-electron chi connectivity index (χ3n) is 4.22. The topological polar surface area (TPSA) is 137 Å². The highest BCUT2D eigenvalue weighted by Crippen LogP contribution is 2.21. The Morgan fingerprint density at radius 3 is 2.30 bits per heavy atom. The number of carbonyl (C=O) groups excluding carboxylic acids is 4. The van der Waals surface area contributed by atoms with Gasteiger partial charge >= 0.3 is 5.97 Å². The largest absolute Gasteiger partial charge is 0.481 e. The van der Waals surface area contributed by atoms with Crippen molar-refractivity contribution in [3.05, 3.63) is 59.7 Å². The molecule has 0 bridgehead atoms. The lowest BCUT2D eigenvalue weighted by molar-refractivity contribution is -0.149. The maximum Gasteiger partial charge on any atom is 0.344 e. The number of nitrogens with two attached hydrogens (primary N) is 1. The number of amides is 3. The molecule has 0 heterocycles. The Balaban J connectivity index is 1.48. The normalized spacial score (nSPS) is 12.5. The summed E-state index contributed by atoms with van der Waals surface area (Å²) in [6.45, 7) is -1.06. The van der Waals surface area contributed by atoms with Gasteiger partial charge < -0.3 is 25.8 Å². The first-order chi connectivity index (χ1) is 14.4. The van der Waals surface area contributed by atoms with Crippen LogP contribution in [-0.4, -0.2) is 42.9 Å². The van der Waals surface area contributed by atoms with Crippen molar-refractivity contribution < 1.29 is 28.7 Å². The van der Waals surface area contributed by atoms with E-state index in [0.29, 0.717) is 11.3 Å². The number of rotatable bonds is 9. The number of anilines is 1. The van der Waals surface area contributed by atoms with Crippen LogP contribution in [0.5, 0.6) is 5.75 Å². The van der Waals surface area contributed by atoms with Gasteiger partial charge in [0, 0.05) is 6.04 Å². The van der Waals surface area contributed by atoms with E-state index in [1.165, 1.54) is 12.1 Å². The van der Waals surface area contributed by atoms with Gasteiger partial charge in [-0.1, -0.05) is 24.3 Å². The van der Waals surface area contributed by atoms with Gasteiger partial charge in [0.2, 0.25) is 0 Å². The van der Waals surface area contributed by atoms with Crippen molar-refractivity contribution in [3.8, 4) is 5.75 Å². The molecule has 30 heavy (non-hydrogen) atoms. The van der Waals surface area contributed by atoms with Gasteiger partial charge in [0.1, 0.15) is 5.75 Å². The molecule has 9 nitrogen and oxygen atoms in total. The number of benzene rings is 2. The van der Waals surface area contributed by atoms with Crippen LogP contribution in [0, 0.1) is 0 Å². The molecule has 156 valence electrons. The average molecular weight is 411 g/mol. The van der Waals surface area contributed by atoms with Crippen LogP contribution in [0.2, 0.25) is 0 Å². The Bertz CT molecular complexity index is 971. The molecule has 9 heteroatoms. The second-order valence-corrected chi connectivity index (χ2v) is 6.65. The molecule has 0 radical (unpaired) electrons. The maximum atomic E-state index is 12.3. The van der Waals surface area contributed by atoms with Gasteiger partial charge in [-0.3, -0.25) is 14.4 Å². The molecule has 1 aliphatic carbocycles. The lowest BCUT2D eigenvalue weighted by Crippen LogP contribution is -2.28. The zero-order valence-corrected chi connectivity index (χ0v) is 16.1. The van der Waals surface area contributed by atoms with Gasteiger partial charge in [-0.05, 0) is 37.1 Å². The number of esters is 1. The molecule has 0 spiro atoms. The van der Waals surface area contributed by atoms with Crippen LogP contribution in [0.4, 0.5) is 5.69 Å². The van der Waals surface area contributed by atoms with Gasteiger partial charge in [-0.25, -0.2) is 4.79 Å². The van der Waals surface area contributed by atoms with Crippen molar-refractivity contribution in [2.75, 3.05) is 18.5 Å². The molecule has 0 aliphatic heterocycles. The van der Waals surface area contributed by atoms with Crippen LogP contribution in [0.1, 0.15) is 33.6 Å². The number of ether oxygens (including phenoxy) is 2. The predicted molar refractivity (Wildman–Crippen MR) is 107 cm³/mol. The Hall–Kier alpha value is -3.88. The third-order valence-corrected chi connectivity index (χ3v) is 4.22. The molecule has 4 N–H and O–H groups in total. The Kier molecular flexibility index (Phi) is 6.63. The summed E-state index contributed by atoms with van der Waals surface area (Å²) >= 11 is 0. The van der Waals surface area contributed by atoms with Gasteiger partial charge in [0.25, 0.3) is 17.7 Å². The summed E-state index contributed by atoms with van der Waals surface area (Å²) in [4.78, 5) is 47.6. The molecular formula is C21H21N3O6. The standard InChI is InChI=1S/C21H21N3O6/c22-20(27)15-6-2-4-8-17(15)29-12-19(26)30-11-18(25)24-16-7-3-1-5-14(16)21(28)23-13-9-10-13/h1-8,13H,9-12H2,(H2,22,27)(H,23,28)(H,24,25). The fraction of sp³-hybridized carbons (Fsp3) is 0.238. The van der Waals surface area contributed by atoms with Crippen LogP contribution in [-0.2, 0) is 14.3 Å². The Labute approximate surface area is 172 Å². The first-order valence-corrected chi connectivity index (χ1v) is 9.31. The second kappa shape index (κ2) is 9.55. The minimum Gasteiger partial charge on any atom is -0.481 e. The molecule has 0 aromatic heterocycles. The second-order valence-electron chi connectivity index (χ2n) is 6.65. The van der Waals surface area contributed by atoms with Gasteiger partial charge in [-0.2, -0.15) is 0 Å². The monoisotopic (exact) mass is 411 g/mol. The summed E-state index contributed by atoms with van der Waals surface area (Å²) in [6.07, 6.45) is 1.89. The average Bonchev–Trinajstić information content (AvgIpc) is 3.55. The van der Waals surface area contributed by atoms with Crippen molar-refractivity contribution in [2.24, 2.45) is 5.73 Å². The van der Waals surface area contributed by atoms with Crippen LogP contribution >= 0.6 is 0 Å². The molecule has 3 rings (SSSR count). The molecule has 0 unspecified atom stereocenters. The number of hydrogen-bond donors (Lipinski definition) is 3. The number of primary amides is 1. The summed E-state index contributed by atoms with van der Waals surface area (Å²) in [6, 6.07) is 12.9. The first-order valence-electron chi connectivity index (χ1n) is 9.31. The molecule has 2 aromatic rings. The Morgan fingerprint density at radius 2 is 1.60 bits per heavy atom. The van der Waals surface area contributed by atoms with E-state index < -0.39 is 31.0 Å². The first kappa shape index (κ1) is 20.8. The third kappa shape index (κ3) is 5.81. The van der Waals surface area contributed by atoms with Crippen molar-refractivity contribution in [1.82, 2.24) is 5.32 Å². The highest BCUT2D eigenvalue weighted by Gasteiger charge is 2.25. The van der Waals surface area contributed by atoms with E-state index in [1.807, 2.05) is 0 Å². The summed E-state index contributed by atoms with van der Waals surface area (Å²) in [7, 11) is 0. The quantitative estimate of drug-likeness (QED) is 0.531. The molecule has 2 aromatic carbocycles. The number of carbonyl (C=O) groups is 4. The van der Waals surface area contributed by atoms with Crippen molar-refractivity contribution in [1.29, 1.82) is 0 Å². The minimum atomic E-state index is -0.802. The van der Waals surface area contributed by atoms with E-state index in [4.69, 9.17) is 15.2 Å². The maximum absolute atomic E-state index is 12.3. The summed E-state index contributed by atoms with van der Waals surface area (Å²) in [5.74, 6) is -2.23.